The van der Waals surface area contributed by atoms with Crippen LogP contribution >= 0.6 is 0 Å². The molecule has 19 heavy (non-hydrogen) atoms. The van der Waals surface area contributed by atoms with Gasteiger partial charge in [0.1, 0.15) is 0 Å². The molecule has 1 amide bonds. The van der Waals surface area contributed by atoms with Gasteiger partial charge in [-0.15, -0.1) is 0 Å². The molecule has 5 heteroatoms. The second kappa shape index (κ2) is 6.08. The summed E-state index contributed by atoms with van der Waals surface area (Å²) in [6.45, 7) is 5.69. The third-order valence-electron chi connectivity index (χ3n) is 3.93. The molecule has 0 radical (unpaired) electrons. The Balaban J connectivity index is 2.22. The number of carbonyl (C=O) groups excluding carboxylic acids is 1. The van der Waals surface area contributed by atoms with Crippen LogP contribution in [0.25, 0.3) is 0 Å². The first-order valence-corrected chi connectivity index (χ1v) is 7.31. The van der Waals surface area contributed by atoms with Gasteiger partial charge < -0.3 is 10.6 Å². The van der Waals surface area contributed by atoms with Gasteiger partial charge in [0.25, 0.3) is 5.91 Å². The van der Waals surface area contributed by atoms with E-state index < -0.39 is 0 Å². The second-order valence-corrected chi connectivity index (χ2v) is 5.20. The first-order chi connectivity index (χ1) is 9.17. The first kappa shape index (κ1) is 13.9. The molecule has 1 aromatic heterocycles. The molecule has 0 bridgehead atoms. The molecule has 1 aromatic rings. The van der Waals surface area contributed by atoms with Crippen molar-refractivity contribution in [3.63, 3.8) is 0 Å². The predicted molar refractivity (Wildman–Crippen MR) is 75.9 cm³/mol. The summed E-state index contributed by atoms with van der Waals surface area (Å²) in [4.78, 5) is 14.6. The number of aryl methyl sites for hydroxylation is 1. The highest BCUT2D eigenvalue weighted by Gasteiger charge is 2.27. The van der Waals surface area contributed by atoms with Crippen molar-refractivity contribution >= 4 is 11.6 Å². The van der Waals surface area contributed by atoms with Gasteiger partial charge in [-0.25, -0.2) is 0 Å². The van der Waals surface area contributed by atoms with Crippen molar-refractivity contribution < 1.29 is 4.79 Å². The van der Waals surface area contributed by atoms with Crippen LogP contribution in [0.5, 0.6) is 0 Å². The molecule has 2 heterocycles. The van der Waals surface area contributed by atoms with E-state index in [-0.39, 0.29) is 5.91 Å². The Morgan fingerprint density at radius 1 is 1.42 bits per heavy atom. The fraction of sp³-hybridized carbons (Fsp3) is 0.714. The van der Waals surface area contributed by atoms with E-state index >= 15 is 0 Å². The van der Waals surface area contributed by atoms with Crippen LogP contribution in [0.15, 0.2) is 6.20 Å². The van der Waals surface area contributed by atoms with Crippen molar-refractivity contribution in [3.8, 4) is 0 Å². The number of nitrogens with two attached hydrogens (primary N) is 1. The highest BCUT2D eigenvalue weighted by Crippen LogP contribution is 2.22. The zero-order valence-electron chi connectivity index (χ0n) is 11.9. The van der Waals surface area contributed by atoms with Gasteiger partial charge in [-0.3, -0.25) is 9.48 Å². The summed E-state index contributed by atoms with van der Waals surface area (Å²) >= 11 is 0. The number of rotatable bonds is 3. The standard InChI is InChI=1S/C14H24N4O/c1-3-11-8-6-5-7-9-18(11)14(19)13-12(15)10-17(4-2)16-13/h10-11H,3-9,15H2,1-2H3. The highest BCUT2D eigenvalue weighted by molar-refractivity contribution is 5.97. The summed E-state index contributed by atoms with van der Waals surface area (Å²) in [6, 6.07) is 0.334. The van der Waals surface area contributed by atoms with E-state index in [0.717, 1.165) is 32.4 Å². The number of amides is 1. The van der Waals surface area contributed by atoms with Crippen molar-refractivity contribution in [2.75, 3.05) is 12.3 Å². The number of nitrogens with zero attached hydrogens (tertiary/aromatic N) is 3. The molecule has 1 fully saturated rings. The smallest absolute Gasteiger partial charge is 0.276 e. The van der Waals surface area contributed by atoms with Crippen LogP contribution in [-0.4, -0.2) is 33.2 Å². The molecular formula is C14H24N4O. The van der Waals surface area contributed by atoms with Crippen molar-refractivity contribution in [1.29, 1.82) is 0 Å². The molecule has 5 nitrogen and oxygen atoms in total. The summed E-state index contributed by atoms with van der Waals surface area (Å²) in [6.07, 6.45) is 7.33. The minimum atomic E-state index is -0.00144. The lowest BCUT2D eigenvalue weighted by atomic mass is 10.1. The monoisotopic (exact) mass is 264 g/mol. The van der Waals surface area contributed by atoms with Crippen molar-refractivity contribution in [3.05, 3.63) is 11.9 Å². The molecule has 1 atom stereocenters. The van der Waals surface area contributed by atoms with Gasteiger partial charge in [0.05, 0.1) is 5.69 Å². The van der Waals surface area contributed by atoms with E-state index in [1.165, 1.54) is 12.8 Å². The van der Waals surface area contributed by atoms with Crippen LogP contribution in [-0.2, 0) is 6.54 Å². The second-order valence-electron chi connectivity index (χ2n) is 5.20. The van der Waals surface area contributed by atoms with Crippen LogP contribution in [0.3, 0.4) is 0 Å². The first-order valence-electron chi connectivity index (χ1n) is 7.31. The molecule has 0 aliphatic carbocycles. The van der Waals surface area contributed by atoms with Crippen LogP contribution in [0, 0.1) is 0 Å². The van der Waals surface area contributed by atoms with Gasteiger partial charge in [0.2, 0.25) is 0 Å². The average Bonchev–Trinajstić information content (AvgIpc) is 2.64. The number of hydrogen-bond donors (Lipinski definition) is 1. The minimum Gasteiger partial charge on any atom is -0.396 e. The number of aromatic nitrogens is 2. The van der Waals surface area contributed by atoms with E-state index in [1.807, 2.05) is 11.8 Å². The highest BCUT2D eigenvalue weighted by atomic mass is 16.2. The summed E-state index contributed by atoms with van der Waals surface area (Å²) in [5.41, 5.74) is 6.83. The number of carbonyl (C=O) groups is 1. The van der Waals surface area contributed by atoms with Gasteiger partial charge in [0.15, 0.2) is 5.69 Å². The quantitative estimate of drug-likeness (QED) is 0.911. The molecule has 1 aliphatic heterocycles. The Kier molecular flexibility index (Phi) is 4.45. The van der Waals surface area contributed by atoms with E-state index in [1.54, 1.807) is 10.9 Å². The average molecular weight is 264 g/mol. The maximum absolute atomic E-state index is 12.6. The van der Waals surface area contributed by atoms with Gasteiger partial charge in [-0.05, 0) is 26.2 Å². The van der Waals surface area contributed by atoms with Gasteiger partial charge in [-0.2, -0.15) is 5.10 Å². The number of anilines is 1. The lowest BCUT2D eigenvalue weighted by molar-refractivity contribution is 0.0672. The SMILES string of the molecule is CCC1CCCCCN1C(=O)c1nn(CC)cc1N. The largest absolute Gasteiger partial charge is 0.396 e. The lowest BCUT2D eigenvalue weighted by Gasteiger charge is -2.28. The van der Waals surface area contributed by atoms with Crippen molar-refractivity contribution in [2.45, 2.75) is 58.5 Å². The van der Waals surface area contributed by atoms with Gasteiger partial charge >= 0.3 is 0 Å². The van der Waals surface area contributed by atoms with Crippen molar-refractivity contribution in [1.82, 2.24) is 14.7 Å². The Bertz CT molecular complexity index is 441. The molecule has 2 rings (SSSR count). The lowest BCUT2D eigenvalue weighted by Crippen LogP contribution is -2.40. The van der Waals surface area contributed by atoms with Gasteiger partial charge in [0, 0.05) is 25.3 Å². The zero-order chi connectivity index (χ0) is 13.8. The van der Waals surface area contributed by atoms with E-state index in [9.17, 15) is 4.79 Å². The Morgan fingerprint density at radius 2 is 2.21 bits per heavy atom. The van der Waals surface area contributed by atoms with Crippen LogP contribution < -0.4 is 5.73 Å². The summed E-state index contributed by atoms with van der Waals surface area (Å²) in [5, 5.41) is 4.30. The fourth-order valence-corrected chi connectivity index (χ4v) is 2.77. The number of likely N-dealkylation sites (tertiary alicyclic amines) is 1. The molecule has 2 N–H and O–H groups in total. The predicted octanol–water partition coefficient (Wildman–Crippen LogP) is 2.28. The molecule has 1 aliphatic rings. The maximum Gasteiger partial charge on any atom is 0.276 e. The molecule has 106 valence electrons. The molecule has 1 unspecified atom stereocenters. The summed E-state index contributed by atoms with van der Waals surface area (Å²) in [5.74, 6) is -0.00144. The Hall–Kier alpha value is -1.52. The fourth-order valence-electron chi connectivity index (χ4n) is 2.77. The summed E-state index contributed by atoms with van der Waals surface area (Å²) < 4.78 is 1.72. The van der Waals surface area contributed by atoms with E-state index in [4.69, 9.17) is 5.73 Å². The van der Waals surface area contributed by atoms with Crippen LogP contribution in [0.2, 0.25) is 0 Å². The normalized spacial score (nSPS) is 20.3. The summed E-state index contributed by atoms with van der Waals surface area (Å²) in [7, 11) is 0. The maximum atomic E-state index is 12.6. The topological polar surface area (TPSA) is 64.2 Å². The Labute approximate surface area is 114 Å². The van der Waals surface area contributed by atoms with E-state index in [0.29, 0.717) is 17.4 Å². The van der Waals surface area contributed by atoms with Crippen LogP contribution in [0.1, 0.15) is 56.4 Å². The Morgan fingerprint density at radius 3 is 2.84 bits per heavy atom. The molecule has 0 saturated carbocycles. The third-order valence-corrected chi connectivity index (χ3v) is 3.93. The molecule has 1 saturated heterocycles. The number of hydrogen-bond acceptors (Lipinski definition) is 3. The molecule has 0 aromatic carbocycles. The van der Waals surface area contributed by atoms with Crippen molar-refractivity contribution in [2.24, 2.45) is 0 Å². The number of nitrogen functional groups attached to an aromatic ring is 1. The third kappa shape index (κ3) is 2.91. The molecular weight excluding hydrogens is 240 g/mol. The van der Waals surface area contributed by atoms with Gasteiger partial charge in [-0.1, -0.05) is 19.8 Å². The zero-order valence-corrected chi connectivity index (χ0v) is 11.9. The van der Waals surface area contributed by atoms with E-state index in [2.05, 4.69) is 12.0 Å². The van der Waals surface area contributed by atoms with Crippen LogP contribution in [0.4, 0.5) is 5.69 Å². The molecule has 0 spiro atoms. The minimum absolute atomic E-state index is 0.00144.